The van der Waals surface area contributed by atoms with Gasteiger partial charge < -0.3 is 11.1 Å². The monoisotopic (exact) mass is 259 g/mol. The van der Waals surface area contributed by atoms with Crippen molar-refractivity contribution < 1.29 is 13.2 Å². The highest BCUT2D eigenvalue weighted by atomic mass is 19.4. The number of hydrogen-bond acceptors (Lipinski definition) is 3. The Morgan fingerprint density at radius 1 is 1.33 bits per heavy atom. The van der Waals surface area contributed by atoms with Gasteiger partial charge >= 0.3 is 6.18 Å². The molecule has 1 fully saturated rings. The molecule has 3 nitrogen and oxygen atoms in total. The molecule has 3 N–H and O–H groups in total. The van der Waals surface area contributed by atoms with Crippen LogP contribution in [0.3, 0.4) is 0 Å². The zero-order valence-corrected chi connectivity index (χ0v) is 10.1. The first-order valence-corrected chi connectivity index (χ1v) is 5.91. The molecule has 6 heteroatoms. The number of anilines is 2. The lowest BCUT2D eigenvalue weighted by Crippen LogP contribution is -2.31. The van der Waals surface area contributed by atoms with Crippen LogP contribution in [0.5, 0.6) is 0 Å². The third-order valence-electron chi connectivity index (χ3n) is 3.37. The van der Waals surface area contributed by atoms with E-state index >= 15 is 0 Å². The molecule has 1 aliphatic carbocycles. The summed E-state index contributed by atoms with van der Waals surface area (Å²) in [4.78, 5) is 3.32. The van der Waals surface area contributed by atoms with E-state index < -0.39 is 11.9 Å². The Kier molecular flexibility index (Phi) is 3.12. The second-order valence-corrected chi connectivity index (χ2v) is 5.05. The smallest absolute Gasteiger partial charge is 0.396 e. The minimum absolute atomic E-state index is 0.168. The number of rotatable bonds is 2. The van der Waals surface area contributed by atoms with E-state index in [-0.39, 0.29) is 11.2 Å². The van der Waals surface area contributed by atoms with Crippen molar-refractivity contribution in [2.24, 2.45) is 0 Å². The van der Waals surface area contributed by atoms with E-state index in [1.807, 2.05) is 6.92 Å². The van der Waals surface area contributed by atoms with Gasteiger partial charge in [-0.1, -0.05) is 12.8 Å². The van der Waals surface area contributed by atoms with Gasteiger partial charge in [0, 0.05) is 5.54 Å². The fraction of sp³-hybridized carbons (Fsp3) is 0.583. The predicted octanol–water partition coefficient (Wildman–Crippen LogP) is 3.43. The summed E-state index contributed by atoms with van der Waals surface area (Å²) in [5.41, 5.74) is 5.16. The van der Waals surface area contributed by atoms with E-state index in [4.69, 9.17) is 5.73 Å². The molecule has 0 saturated heterocycles. The summed E-state index contributed by atoms with van der Waals surface area (Å²) in [5, 5.41) is 3.13. The molecule has 0 aromatic carbocycles. The van der Waals surface area contributed by atoms with Crippen LogP contribution in [0.25, 0.3) is 0 Å². The number of hydrogen-bond donors (Lipinski definition) is 2. The summed E-state index contributed by atoms with van der Waals surface area (Å²) in [6.45, 7) is 2.01. The first-order chi connectivity index (χ1) is 8.30. The van der Waals surface area contributed by atoms with Crippen molar-refractivity contribution in [2.75, 3.05) is 11.1 Å². The zero-order chi connectivity index (χ0) is 13.4. The molecular weight excluding hydrogens is 243 g/mol. The number of pyridine rings is 1. The second kappa shape index (κ2) is 4.33. The summed E-state index contributed by atoms with van der Waals surface area (Å²) in [5.74, 6) is 0. The van der Waals surface area contributed by atoms with Crippen LogP contribution in [0, 0.1) is 0 Å². The Morgan fingerprint density at radius 2 is 1.94 bits per heavy atom. The Bertz CT molecular complexity index is 437. The number of alkyl halides is 3. The molecule has 0 aliphatic heterocycles. The summed E-state index contributed by atoms with van der Waals surface area (Å²) in [7, 11) is 0. The van der Waals surface area contributed by atoms with Gasteiger partial charge in [0.05, 0.1) is 17.6 Å². The van der Waals surface area contributed by atoms with Crippen molar-refractivity contribution in [3.63, 3.8) is 0 Å². The minimum Gasteiger partial charge on any atom is -0.396 e. The lowest BCUT2D eigenvalue weighted by atomic mass is 10.00. The van der Waals surface area contributed by atoms with Crippen molar-refractivity contribution in [3.8, 4) is 0 Å². The molecule has 1 saturated carbocycles. The lowest BCUT2D eigenvalue weighted by molar-refractivity contribution is -0.141. The summed E-state index contributed by atoms with van der Waals surface area (Å²) < 4.78 is 37.7. The number of nitrogen functional groups attached to an aromatic ring is 1. The Morgan fingerprint density at radius 3 is 2.50 bits per heavy atom. The van der Waals surface area contributed by atoms with Crippen molar-refractivity contribution in [1.82, 2.24) is 4.98 Å². The maximum Gasteiger partial charge on any atom is 0.433 e. The fourth-order valence-electron chi connectivity index (χ4n) is 2.33. The van der Waals surface area contributed by atoms with Crippen LogP contribution < -0.4 is 11.1 Å². The molecule has 0 atom stereocenters. The summed E-state index contributed by atoms with van der Waals surface area (Å²) >= 11 is 0. The van der Waals surface area contributed by atoms with Crippen LogP contribution in [0.2, 0.25) is 0 Å². The molecule has 18 heavy (non-hydrogen) atoms. The van der Waals surface area contributed by atoms with Gasteiger partial charge in [0.25, 0.3) is 0 Å². The van der Waals surface area contributed by atoms with Gasteiger partial charge in [-0.25, -0.2) is 4.98 Å². The average molecular weight is 259 g/mol. The molecule has 1 aromatic rings. The first kappa shape index (κ1) is 13.0. The molecule has 100 valence electrons. The Balaban J connectivity index is 2.27. The fourth-order valence-corrected chi connectivity index (χ4v) is 2.33. The third-order valence-corrected chi connectivity index (χ3v) is 3.37. The molecule has 0 amide bonds. The number of aromatic nitrogens is 1. The highest BCUT2D eigenvalue weighted by Gasteiger charge is 2.34. The van der Waals surface area contributed by atoms with E-state index in [1.54, 1.807) is 0 Å². The van der Waals surface area contributed by atoms with Gasteiger partial charge in [0.1, 0.15) is 5.69 Å². The van der Waals surface area contributed by atoms with Crippen LogP contribution in [-0.2, 0) is 6.18 Å². The predicted molar refractivity (Wildman–Crippen MR) is 64.1 cm³/mol. The Hall–Kier alpha value is -1.46. The molecule has 1 aliphatic rings. The molecule has 1 heterocycles. The normalized spacial score (nSPS) is 18.9. The van der Waals surface area contributed by atoms with Gasteiger partial charge in [-0.2, -0.15) is 13.2 Å². The highest BCUT2D eigenvalue weighted by molar-refractivity contribution is 5.66. The van der Waals surface area contributed by atoms with Crippen LogP contribution in [0.1, 0.15) is 38.3 Å². The largest absolute Gasteiger partial charge is 0.433 e. The van der Waals surface area contributed by atoms with Gasteiger partial charge in [-0.15, -0.1) is 0 Å². The maximum atomic E-state index is 12.6. The van der Waals surface area contributed by atoms with Crippen molar-refractivity contribution in [3.05, 3.63) is 18.0 Å². The van der Waals surface area contributed by atoms with Gasteiger partial charge in [0.2, 0.25) is 0 Å². The van der Waals surface area contributed by atoms with Gasteiger partial charge in [0.15, 0.2) is 0 Å². The van der Waals surface area contributed by atoms with Crippen LogP contribution in [0.4, 0.5) is 24.5 Å². The van der Waals surface area contributed by atoms with E-state index in [0.29, 0.717) is 5.69 Å². The quantitative estimate of drug-likeness (QED) is 0.855. The van der Waals surface area contributed by atoms with E-state index in [9.17, 15) is 13.2 Å². The standard InChI is InChI=1S/C12H16F3N3/c1-11(4-2-3-5-11)18-9-6-10(12(13,14)15)17-7-8(9)16/h6-7H,2-5,16H2,1H3,(H,17,18). The molecule has 0 radical (unpaired) electrons. The molecule has 0 bridgehead atoms. The zero-order valence-electron chi connectivity index (χ0n) is 10.1. The summed E-state index contributed by atoms with van der Waals surface area (Å²) in [6, 6.07) is 0.985. The van der Waals surface area contributed by atoms with Crippen molar-refractivity contribution >= 4 is 11.4 Å². The van der Waals surface area contributed by atoms with Crippen LogP contribution >= 0.6 is 0 Å². The molecule has 1 aromatic heterocycles. The molecule has 0 unspecified atom stereocenters. The van der Waals surface area contributed by atoms with E-state index in [2.05, 4.69) is 10.3 Å². The SMILES string of the molecule is CC1(Nc2cc(C(F)(F)F)ncc2N)CCCC1. The highest BCUT2D eigenvalue weighted by Crippen LogP contribution is 2.36. The van der Waals surface area contributed by atoms with Gasteiger partial charge in [-0.05, 0) is 25.8 Å². The lowest BCUT2D eigenvalue weighted by Gasteiger charge is -2.27. The average Bonchev–Trinajstić information content (AvgIpc) is 2.67. The number of nitrogens with zero attached hydrogens (tertiary/aromatic N) is 1. The first-order valence-electron chi connectivity index (χ1n) is 5.91. The van der Waals surface area contributed by atoms with E-state index in [1.165, 1.54) is 0 Å². The summed E-state index contributed by atoms with van der Waals surface area (Å²) in [6.07, 6.45) is 0.664. The topological polar surface area (TPSA) is 50.9 Å². The molecule has 2 rings (SSSR count). The minimum atomic E-state index is -4.44. The van der Waals surface area contributed by atoms with Crippen LogP contribution in [-0.4, -0.2) is 10.5 Å². The maximum absolute atomic E-state index is 12.6. The second-order valence-electron chi connectivity index (χ2n) is 5.05. The van der Waals surface area contributed by atoms with Gasteiger partial charge in [-0.3, -0.25) is 0 Å². The number of nitrogens with two attached hydrogens (primary N) is 1. The Labute approximate surface area is 104 Å². The number of nitrogens with one attached hydrogen (secondary N) is 1. The number of halogens is 3. The molecule has 0 spiro atoms. The molecular formula is C12H16F3N3. The van der Waals surface area contributed by atoms with Crippen molar-refractivity contribution in [2.45, 2.75) is 44.3 Å². The van der Waals surface area contributed by atoms with Crippen LogP contribution in [0.15, 0.2) is 12.3 Å². The third kappa shape index (κ3) is 2.68. The van der Waals surface area contributed by atoms with E-state index in [0.717, 1.165) is 37.9 Å². The van der Waals surface area contributed by atoms with Crippen molar-refractivity contribution in [1.29, 1.82) is 0 Å².